The predicted octanol–water partition coefficient (Wildman–Crippen LogP) is 4.82. The van der Waals surface area contributed by atoms with Crippen molar-refractivity contribution in [2.45, 2.75) is 63.1 Å². The van der Waals surface area contributed by atoms with Gasteiger partial charge in [-0.3, -0.25) is 13.9 Å². The van der Waals surface area contributed by atoms with E-state index in [0.717, 1.165) is 35.6 Å². The lowest BCUT2D eigenvalue weighted by molar-refractivity contribution is -0.139. The molecular weight excluding hydrogens is 573 g/mol. The van der Waals surface area contributed by atoms with Crippen LogP contribution in [0.4, 0.5) is 10.1 Å². The number of carbonyl (C=O) groups is 2. The van der Waals surface area contributed by atoms with E-state index in [9.17, 15) is 22.4 Å². The van der Waals surface area contributed by atoms with Crippen LogP contribution < -0.4 is 19.1 Å². The summed E-state index contributed by atoms with van der Waals surface area (Å²) in [7, 11) is -1.39. The average Bonchev–Trinajstić information content (AvgIpc) is 3.51. The third kappa shape index (κ3) is 7.45. The normalized spacial score (nSPS) is 14.2. The molecule has 230 valence electrons. The molecular formula is C32H38FN3O6S. The zero-order chi connectivity index (χ0) is 31.1. The van der Waals surface area contributed by atoms with Crippen LogP contribution >= 0.6 is 0 Å². The van der Waals surface area contributed by atoms with Gasteiger partial charge in [-0.1, -0.05) is 48.7 Å². The van der Waals surface area contributed by atoms with Crippen LogP contribution in [0, 0.1) is 12.7 Å². The van der Waals surface area contributed by atoms with Crippen LogP contribution in [0.1, 0.15) is 43.7 Å². The minimum Gasteiger partial charge on any atom is -0.493 e. The monoisotopic (exact) mass is 611 g/mol. The highest BCUT2D eigenvalue weighted by atomic mass is 32.2. The number of halogens is 1. The summed E-state index contributed by atoms with van der Waals surface area (Å²) in [5.41, 5.74) is 1.22. The number of carbonyl (C=O) groups excluding carboxylic acids is 2. The number of nitrogens with zero attached hydrogens (tertiary/aromatic N) is 2. The lowest BCUT2D eigenvalue weighted by atomic mass is 10.1. The van der Waals surface area contributed by atoms with Crippen LogP contribution in [0.3, 0.4) is 0 Å². The molecule has 0 bridgehead atoms. The number of amides is 2. The summed E-state index contributed by atoms with van der Waals surface area (Å²) in [6.45, 7) is 2.53. The van der Waals surface area contributed by atoms with Gasteiger partial charge in [0.15, 0.2) is 11.5 Å². The molecule has 0 radical (unpaired) electrons. The van der Waals surface area contributed by atoms with Gasteiger partial charge in [0, 0.05) is 24.2 Å². The van der Waals surface area contributed by atoms with Crippen molar-refractivity contribution >= 4 is 27.5 Å². The van der Waals surface area contributed by atoms with Crippen molar-refractivity contribution in [2.24, 2.45) is 0 Å². The van der Waals surface area contributed by atoms with Crippen molar-refractivity contribution in [3.63, 3.8) is 0 Å². The van der Waals surface area contributed by atoms with E-state index in [4.69, 9.17) is 9.47 Å². The second-order valence-electron chi connectivity index (χ2n) is 10.6. The number of sulfonamides is 1. The molecule has 1 saturated carbocycles. The van der Waals surface area contributed by atoms with Crippen LogP contribution in [0.2, 0.25) is 0 Å². The maximum Gasteiger partial charge on any atom is 0.264 e. The van der Waals surface area contributed by atoms with E-state index in [1.807, 2.05) is 6.92 Å². The van der Waals surface area contributed by atoms with Crippen molar-refractivity contribution in [3.05, 3.63) is 83.7 Å². The van der Waals surface area contributed by atoms with E-state index in [1.165, 1.54) is 61.6 Å². The second kappa shape index (κ2) is 13.9. The van der Waals surface area contributed by atoms with Crippen LogP contribution in [0.15, 0.2) is 71.6 Å². The SMILES string of the molecule is COc1ccc(N(CC(=O)N(Cc2ccccc2F)[C@@H](C)C(=O)NC2CCCC2)S(=O)(=O)c2ccc(C)cc2)cc1OC. The highest BCUT2D eigenvalue weighted by Gasteiger charge is 2.34. The van der Waals surface area contributed by atoms with Crippen LogP contribution in [-0.2, 0) is 26.2 Å². The van der Waals surface area contributed by atoms with Crippen LogP contribution in [-0.4, -0.2) is 58.0 Å². The number of hydrogen-bond acceptors (Lipinski definition) is 6. The van der Waals surface area contributed by atoms with Crippen molar-refractivity contribution in [3.8, 4) is 11.5 Å². The van der Waals surface area contributed by atoms with Gasteiger partial charge < -0.3 is 19.7 Å². The Kier molecular flexibility index (Phi) is 10.3. The van der Waals surface area contributed by atoms with Crippen LogP contribution in [0.25, 0.3) is 0 Å². The van der Waals surface area contributed by atoms with Crippen molar-refractivity contribution < 1.29 is 31.9 Å². The maximum absolute atomic E-state index is 14.8. The van der Waals surface area contributed by atoms with E-state index < -0.39 is 34.3 Å². The second-order valence-corrected chi connectivity index (χ2v) is 12.5. The Balaban J connectivity index is 1.74. The van der Waals surface area contributed by atoms with E-state index in [0.29, 0.717) is 5.75 Å². The number of benzene rings is 3. The molecule has 0 aliphatic heterocycles. The molecule has 1 N–H and O–H groups in total. The topological polar surface area (TPSA) is 105 Å². The van der Waals surface area contributed by atoms with Crippen LogP contribution in [0.5, 0.6) is 11.5 Å². The molecule has 0 aromatic heterocycles. The average molecular weight is 612 g/mol. The van der Waals surface area contributed by atoms with Gasteiger partial charge in [-0.25, -0.2) is 12.8 Å². The fourth-order valence-electron chi connectivity index (χ4n) is 5.13. The number of anilines is 1. The van der Waals surface area contributed by atoms with E-state index >= 15 is 0 Å². The minimum absolute atomic E-state index is 0.00513. The Morgan fingerprint density at radius 3 is 2.26 bits per heavy atom. The third-order valence-electron chi connectivity index (χ3n) is 7.71. The van der Waals surface area contributed by atoms with Gasteiger partial charge in [0.25, 0.3) is 10.0 Å². The molecule has 1 atom stereocenters. The van der Waals surface area contributed by atoms with E-state index in [2.05, 4.69) is 5.32 Å². The molecule has 0 heterocycles. The fourth-order valence-corrected chi connectivity index (χ4v) is 6.54. The first-order valence-corrected chi connectivity index (χ1v) is 15.6. The first-order valence-electron chi connectivity index (χ1n) is 14.2. The maximum atomic E-state index is 14.8. The summed E-state index contributed by atoms with van der Waals surface area (Å²) >= 11 is 0. The van der Waals surface area contributed by atoms with Gasteiger partial charge in [0.2, 0.25) is 11.8 Å². The van der Waals surface area contributed by atoms with Crippen molar-refractivity contribution in [2.75, 3.05) is 25.1 Å². The molecule has 11 heteroatoms. The Hall–Kier alpha value is -4.12. The molecule has 43 heavy (non-hydrogen) atoms. The van der Waals surface area contributed by atoms with Crippen molar-refractivity contribution in [1.29, 1.82) is 0 Å². The molecule has 9 nitrogen and oxygen atoms in total. The molecule has 1 aliphatic rings. The van der Waals surface area contributed by atoms with Crippen molar-refractivity contribution in [1.82, 2.24) is 10.2 Å². The largest absolute Gasteiger partial charge is 0.493 e. The summed E-state index contributed by atoms with van der Waals surface area (Å²) in [6, 6.07) is 15.8. The van der Waals surface area contributed by atoms with Gasteiger partial charge in [0.1, 0.15) is 18.4 Å². The molecule has 3 aromatic carbocycles. The Morgan fingerprint density at radius 1 is 0.977 bits per heavy atom. The smallest absolute Gasteiger partial charge is 0.264 e. The highest BCUT2D eigenvalue weighted by molar-refractivity contribution is 7.92. The summed E-state index contributed by atoms with van der Waals surface area (Å²) in [5, 5.41) is 3.00. The van der Waals surface area contributed by atoms with Gasteiger partial charge in [0.05, 0.1) is 24.8 Å². The number of aryl methyl sites for hydroxylation is 1. The van der Waals surface area contributed by atoms with Gasteiger partial charge in [-0.05, 0) is 57.0 Å². The molecule has 1 aliphatic carbocycles. The summed E-state index contributed by atoms with van der Waals surface area (Å²) in [5.74, 6) is -0.945. The van der Waals surface area contributed by atoms with Gasteiger partial charge >= 0.3 is 0 Å². The zero-order valence-corrected chi connectivity index (χ0v) is 25.7. The fraction of sp³-hybridized carbons (Fsp3) is 0.375. The summed E-state index contributed by atoms with van der Waals surface area (Å²) < 4.78 is 54.5. The molecule has 0 unspecified atom stereocenters. The zero-order valence-electron chi connectivity index (χ0n) is 24.9. The number of nitrogens with one attached hydrogen (secondary N) is 1. The van der Waals surface area contributed by atoms with Gasteiger partial charge in [-0.15, -0.1) is 0 Å². The first kappa shape index (κ1) is 31.8. The van der Waals surface area contributed by atoms with E-state index in [1.54, 1.807) is 31.2 Å². The third-order valence-corrected chi connectivity index (χ3v) is 9.50. The van der Waals surface area contributed by atoms with Gasteiger partial charge in [-0.2, -0.15) is 0 Å². The molecule has 4 rings (SSSR count). The Labute approximate surface area is 252 Å². The molecule has 0 saturated heterocycles. The first-order chi connectivity index (χ1) is 20.5. The lowest BCUT2D eigenvalue weighted by Crippen LogP contribution is -2.52. The highest BCUT2D eigenvalue weighted by Crippen LogP contribution is 2.34. The molecule has 3 aromatic rings. The molecule has 0 spiro atoms. The number of methoxy groups -OCH3 is 2. The molecule has 1 fully saturated rings. The van der Waals surface area contributed by atoms with E-state index in [-0.39, 0.29) is 40.4 Å². The number of hydrogen-bond donors (Lipinski definition) is 1. The summed E-state index contributed by atoms with van der Waals surface area (Å²) in [6.07, 6.45) is 3.71. The number of ether oxygens (including phenoxy) is 2. The minimum atomic E-state index is -4.27. The Bertz CT molecular complexity index is 1540. The standard InChI is InChI=1S/C32H38FN3O6S/c1-22-13-16-27(17-14-22)43(39,40)36(26-15-18-29(41-3)30(19-26)42-4)21-31(37)35(20-24-9-5-8-12-28(24)33)23(2)32(38)34-25-10-6-7-11-25/h5,8-9,12-19,23,25H,6-7,10-11,20-21H2,1-4H3,(H,34,38)/t23-/m0/s1. The quantitative estimate of drug-likeness (QED) is 0.315. The summed E-state index contributed by atoms with van der Waals surface area (Å²) in [4.78, 5) is 28.6. The number of rotatable bonds is 12. The lowest BCUT2D eigenvalue weighted by Gasteiger charge is -2.32. The molecule has 2 amide bonds. The predicted molar refractivity (Wildman–Crippen MR) is 162 cm³/mol. The Morgan fingerprint density at radius 2 is 1.63 bits per heavy atom.